The fraction of sp³-hybridized carbons (Fsp3) is 0.478. The van der Waals surface area contributed by atoms with Crippen LogP contribution >= 0.6 is 0 Å². The van der Waals surface area contributed by atoms with E-state index in [-0.39, 0.29) is 17.5 Å². The molecule has 0 aromatic heterocycles. The standard InChI is InChI=1S/C23H32N2O2/c1-17(19-9-3-5-11-21(19)26)24-15-23(13-7-8-14-23)16-25-18(2)20-10-4-6-12-22(20)27/h3-6,9-12,17-18,24-27H,7-8,13-16H2,1-2H3/t17-,18-/m0/s1. The molecular formula is C23H32N2O2. The van der Waals surface area contributed by atoms with E-state index in [1.807, 2.05) is 36.4 Å². The third-order valence-corrected chi connectivity index (χ3v) is 6.04. The van der Waals surface area contributed by atoms with E-state index in [4.69, 9.17) is 0 Å². The smallest absolute Gasteiger partial charge is 0.120 e. The Morgan fingerprint density at radius 3 is 1.59 bits per heavy atom. The molecule has 0 aliphatic heterocycles. The molecule has 0 saturated heterocycles. The van der Waals surface area contributed by atoms with E-state index in [1.54, 1.807) is 12.1 Å². The van der Waals surface area contributed by atoms with Gasteiger partial charge in [0, 0.05) is 36.3 Å². The van der Waals surface area contributed by atoms with Crippen LogP contribution in [0.25, 0.3) is 0 Å². The number of hydrogen-bond donors (Lipinski definition) is 4. The normalized spacial score (nSPS) is 18.3. The van der Waals surface area contributed by atoms with Crippen molar-refractivity contribution in [2.75, 3.05) is 13.1 Å². The van der Waals surface area contributed by atoms with E-state index in [0.29, 0.717) is 11.5 Å². The minimum Gasteiger partial charge on any atom is -0.508 e. The highest BCUT2D eigenvalue weighted by molar-refractivity contribution is 5.35. The van der Waals surface area contributed by atoms with E-state index < -0.39 is 0 Å². The van der Waals surface area contributed by atoms with Gasteiger partial charge in [0.05, 0.1) is 0 Å². The van der Waals surface area contributed by atoms with Crippen molar-refractivity contribution in [2.45, 2.75) is 51.6 Å². The van der Waals surface area contributed by atoms with Crippen LogP contribution in [0.2, 0.25) is 0 Å². The molecule has 27 heavy (non-hydrogen) atoms. The molecule has 0 heterocycles. The molecule has 4 heteroatoms. The summed E-state index contributed by atoms with van der Waals surface area (Å²) in [5.74, 6) is 0.702. The molecule has 146 valence electrons. The molecule has 4 nitrogen and oxygen atoms in total. The maximum atomic E-state index is 10.1. The number of phenols is 2. The monoisotopic (exact) mass is 368 g/mol. The summed E-state index contributed by atoms with van der Waals surface area (Å²) in [6.45, 7) is 6.05. The lowest BCUT2D eigenvalue weighted by molar-refractivity contribution is 0.246. The van der Waals surface area contributed by atoms with E-state index in [9.17, 15) is 10.2 Å². The SMILES string of the molecule is C[C@H](NCC1(CN[C@@H](C)c2ccccc2O)CCCC1)c1ccccc1O. The average molecular weight is 369 g/mol. The zero-order valence-corrected chi connectivity index (χ0v) is 16.4. The van der Waals surface area contributed by atoms with Crippen LogP contribution in [-0.2, 0) is 0 Å². The van der Waals surface area contributed by atoms with Crippen LogP contribution in [0.4, 0.5) is 0 Å². The summed E-state index contributed by atoms with van der Waals surface area (Å²) in [5, 5.41) is 27.5. The summed E-state index contributed by atoms with van der Waals surface area (Å²) < 4.78 is 0. The van der Waals surface area contributed by atoms with Gasteiger partial charge in [-0.3, -0.25) is 0 Å². The first kappa shape index (κ1) is 19.7. The second-order valence-corrected chi connectivity index (χ2v) is 8.03. The molecule has 0 amide bonds. The Hall–Kier alpha value is -2.04. The van der Waals surface area contributed by atoms with E-state index in [2.05, 4.69) is 24.5 Å². The van der Waals surface area contributed by atoms with Gasteiger partial charge in [-0.15, -0.1) is 0 Å². The molecule has 2 aromatic rings. The van der Waals surface area contributed by atoms with Crippen molar-refractivity contribution in [2.24, 2.45) is 5.41 Å². The quantitative estimate of drug-likeness (QED) is 0.547. The third kappa shape index (κ3) is 4.82. The molecular weight excluding hydrogens is 336 g/mol. The van der Waals surface area contributed by atoms with Crippen LogP contribution < -0.4 is 10.6 Å². The van der Waals surface area contributed by atoms with Gasteiger partial charge in [-0.2, -0.15) is 0 Å². The number of benzene rings is 2. The number of aromatic hydroxyl groups is 2. The molecule has 0 radical (unpaired) electrons. The Morgan fingerprint density at radius 1 is 0.778 bits per heavy atom. The van der Waals surface area contributed by atoms with E-state index >= 15 is 0 Å². The first-order valence-corrected chi connectivity index (χ1v) is 10.0. The summed E-state index contributed by atoms with van der Waals surface area (Å²) >= 11 is 0. The molecule has 2 atom stereocenters. The van der Waals surface area contributed by atoms with Crippen molar-refractivity contribution in [3.63, 3.8) is 0 Å². The maximum Gasteiger partial charge on any atom is 0.120 e. The molecule has 2 aromatic carbocycles. The van der Waals surface area contributed by atoms with Crippen LogP contribution in [0.5, 0.6) is 11.5 Å². The maximum absolute atomic E-state index is 10.1. The first-order valence-electron chi connectivity index (χ1n) is 10.0. The van der Waals surface area contributed by atoms with Crippen molar-refractivity contribution >= 4 is 0 Å². The Kier molecular flexibility index (Phi) is 6.40. The lowest BCUT2D eigenvalue weighted by atomic mass is 9.85. The molecule has 1 fully saturated rings. The van der Waals surface area contributed by atoms with Crippen molar-refractivity contribution in [3.8, 4) is 11.5 Å². The largest absolute Gasteiger partial charge is 0.508 e. The minimum atomic E-state index is 0.110. The van der Waals surface area contributed by atoms with Gasteiger partial charge in [-0.1, -0.05) is 49.2 Å². The molecule has 3 rings (SSSR count). The fourth-order valence-electron chi connectivity index (χ4n) is 4.21. The second-order valence-electron chi connectivity index (χ2n) is 8.03. The zero-order valence-electron chi connectivity index (χ0n) is 16.4. The highest BCUT2D eigenvalue weighted by atomic mass is 16.3. The molecule has 0 spiro atoms. The lowest BCUT2D eigenvalue weighted by Crippen LogP contribution is -2.42. The number of para-hydroxylation sites is 2. The van der Waals surface area contributed by atoms with E-state index in [0.717, 1.165) is 24.2 Å². The summed E-state index contributed by atoms with van der Waals surface area (Å²) in [5.41, 5.74) is 2.11. The molecule has 4 N–H and O–H groups in total. The first-order chi connectivity index (χ1) is 13.0. The highest BCUT2D eigenvalue weighted by Gasteiger charge is 2.34. The Labute approximate surface area is 162 Å². The van der Waals surface area contributed by atoms with Gasteiger partial charge < -0.3 is 20.8 Å². The summed E-state index contributed by atoms with van der Waals surface area (Å²) in [6.07, 6.45) is 4.93. The Morgan fingerprint density at radius 2 is 1.19 bits per heavy atom. The molecule has 1 saturated carbocycles. The molecule has 1 aliphatic carbocycles. The van der Waals surface area contributed by atoms with Crippen LogP contribution in [0.15, 0.2) is 48.5 Å². The van der Waals surface area contributed by atoms with Crippen LogP contribution in [0.3, 0.4) is 0 Å². The zero-order chi connectivity index (χ0) is 19.3. The molecule has 1 aliphatic rings. The minimum absolute atomic E-state index is 0.110. The van der Waals surface area contributed by atoms with Gasteiger partial charge >= 0.3 is 0 Å². The van der Waals surface area contributed by atoms with Gasteiger partial charge in [0.2, 0.25) is 0 Å². The number of rotatable bonds is 8. The average Bonchev–Trinajstić information content (AvgIpc) is 3.14. The topological polar surface area (TPSA) is 64.5 Å². The Balaban J connectivity index is 1.61. The number of phenolic OH excluding ortho intramolecular Hbond substituents is 2. The summed E-state index contributed by atoms with van der Waals surface area (Å²) in [7, 11) is 0. The van der Waals surface area contributed by atoms with Crippen molar-refractivity contribution in [1.82, 2.24) is 10.6 Å². The predicted octanol–water partition coefficient (Wildman–Crippen LogP) is 4.66. The summed E-state index contributed by atoms with van der Waals surface area (Å²) in [6, 6.07) is 15.3. The van der Waals surface area contributed by atoms with Gasteiger partial charge in [0.1, 0.15) is 11.5 Å². The van der Waals surface area contributed by atoms with Gasteiger partial charge in [0.25, 0.3) is 0 Å². The van der Waals surface area contributed by atoms with Crippen LogP contribution in [-0.4, -0.2) is 23.3 Å². The van der Waals surface area contributed by atoms with Crippen LogP contribution in [0, 0.1) is 5.41 Å². The second kappa shape index (κ2) is 8.77. The van der Waals surface area contributed by atoms with E-state index in [1.165, 1.54) is 25.7 Å². The Bertz CT molecular complexity index is 683. The van der Waals surface area contributed by atoms with Crippen molar-refractivity contribution in [3.05, 3.63) is 59.7 Å². The van der Waals surface area contributed by atoms with Crippen molar-refractivity contribution in [1.29, 1.82) is 0 Å². The third-order valence-electron chi connectivity index (χ3n) is 6.04. The molecule has 0 bridgehead atoms. The number of nitrogens with one attached hydrogen (secondary N) is 2. The fourth-order valence-corrected chi connectivity index (χ4v) is 4.21. The summed E-state index contributed by atoms with van der Waals surface area (Å²) in [4.78, 5) is 0. The molecule has 0 unspecified atom stereocenters. The van der Waals surface area contributed by atoms with Crippen LogP contribution in [0.1, 0.15) is 62.7 Å². The lowest BCUT2D eigenvalue weighted by Gasteiger charge is -2.33. The van der Waals surface area contributed by atoms with Gasteiger partial charge in [-0.25, -0.2) is 0 Å². The number of hydrogen-bond acceptors (Lipinski definition) is 4. The predicted molar refractivity (Wildman–Crippen MR) is 110 cm³/mol. The highest BCUT2D eigenvalue weighted by Crippen LogP contribution is 2.38. The van der Waals surface area contributed by atoms with Crippen molar-refractivity contribution < 1.29 is 10.2 Å². The van der Waals surface area contributed by atoms with Gasteiger partial charge in [0.15, 0.2) is 0 Å². The van der Waals surface area contributed by atoms with Gasteiger partial charge in [-0.05, 0) is 44.2 Å².